The van der Waals surface area contributed by atoms with Crippen LogP contribution >= 0.6 is 0 Å². The summed E-state index contributed by atoms with van der Waals surface area (Å²) in [6.07, 6.45) is 0.963. The summed E-state index contributed by atoms with van der Waals surface area (Å²) in [5.41, 5.74) is -0.709. The normalized spacial score (nSPS) is 33.5. The summed E-state index contributed by atoms with van der Waals surface area (Å²) in [5, 5.41) is 18.3. The Morgan fingerprint density at radius 1 is 1.55 bits per heavy atom. The van der Waals surface area contributed by atoms with Gasteiger partial charge in [0.1, 0.15) is 4.87 Å². The van der Waals surface area contributed by atoms with Crippen molar-refractivity contribution in [1.29, 1.82) is 0 Å². The molecule has 1 aliphatic heterocycles. The lowest BCUT2D eigenvalue weighted by Gasteiger charge is -2.26. The van der Waals surface area contributed by atoms with Crippen LogP contribution in [0.5, 0.6) is 0 Å². The second-order valence-electron chi connectivity index (χ2n) is 5.10. The first-order valence-corrected chi connectivity index (χ1v) is 7.61. The lowest BCUT2D eigenvalue weighted by atomic mass is 10.1. The first-order valence-electron chi connectivity index (χ1n) is 6.40. The van der Waals surface area contributed by atoms with Gasteiger partial charge >= 0.3 is 5.69 Å². The van der Waals surface area contributed by atoms with Gasteiger partial charge in [-0.1, -0.05) is 6.92 Å². The molecule has 0 bridgehead atoms. The lowest BCUT2D eigenvalue weighted by molar-refractivity contribution is 0.127. The molecule has 0 unspecified atom stereocenters. The molecule has 0 radical (unpaired) electrons. The molecule has 1 saturated heterocycles. The number of nitrogens with one attached hydrogen (secondary N) is 1. The van der Waals surface area contributed by atoms with E-state index in [1.165, 1.54) is 10.8 Å². The van der Waals surface area contributed by atoms with Gasteiger partial charge in [0.05, 0.1) is 28.8 Å². The highest BCUT2D eigenvalue weighted by Crippen LogP contribution is 2.37. The van der Waals surface area contributed by atoms with Crippen molar-refractivity contribution in [2.24, 2.45) is 0 Å². The molecule has 0 amide bonds. The smallest absolute Gasteiger partial charge is 0.329 e. The topological polar surface area (TPSA) is 112 Å². The molecule has 0 aromatic carbocycles. The van der Waals surface area contributed by atoms with Crippen molar-refractivity contribution < 1.29 is 14.4 Å². The second kappa shape index (κ2) is 5.27. The maximum Gasteiger partial charge on any atom is 0.329 e. The van der Waals surface area contributed by atoms with E-state index in [4.69, 9.17) is 0 Å². The molecule has 8 heteroatoms. The van der Waals surface area contributed by atoms with Crippen molar-refractivity contribution in [1.82, 2.24) is 9.55 Å². The number of hydrogen-bond acceptors (Lipinski definition) is 5. The zero-order valence-electron chi connectivity index (χ0n) is 11.3. The number of aromatic nitrogens is 2. The van der Waals surface area contributed by atoms with E-state index in [1.807, 2.05) is 0 Å². The van der Waals surface area contributed by atoms with E-state index in [1.54, 1.807) is 13.8 Å². The molecule has 20 heavy (non-hydrogen) atoms. The molecule has 4 atom stereocenters. The summed E-state index contributed by atoms with van der Waals surface area (Å²) in [5.74, 6) is 0. The van der Waals surface area contributed by atoms with Gasteiger partial charge in [-0.2, -0.15) is 0 Å². The van der Waals surface area contributed by atoms with Crippen LogP contribution in [0.25, 0.3) is 0 Å². The van der Waals surface area contributed by atoms with Crippen LogP contribution in [0, 0.1) is 0 Å². The number of aromatic amines is 1. The zero-order chi connectivity index (χ0) is 15.1. The van der Waals surface area contributed by atoms with Crippen molar-refractivity contribution >= 4 is 10.8 Å². The molecule has 2 heterocycles. The lowest BCUT2D eigenvalue weighted by Crippen LogP contribution is -2.44. The minimum atomic E-state index is -1.63. The maximum atomic E-state index is 12.4. The number of aryl methyl sites for hydroxylation is 1. The monoisotopic (exact) mass is 302 g/mol. The third-order valence-corrected chi connectivity index (χ3v) is 6.06. The molecule has 1 aromatic heterocycles. The van der Waals surface area contributed by atoms with E-state index in [0.717, 1.165) is 0 Å². The van der Waals surface area contributed by atoms with Gasteiger partial charge in [-0.15, -0.1) is 0 Å². The van der Waals surface area contributed by atoms with E-state index < -0.39 is 44.9 Å². The largest absolute Gasteiger partial charge is 0.395 e. The molecule has 0 aliphatic carbocycles. The van der Waals surface area contributed by atoms with Crippen LogP contribution < -0.4 is 11.2 Å². The number of H-pyrrole nitrogens is 1. The quantitative estimate of drug-likeness (QED) is 0.639. The molecule has 2 rings (SSSR count). The Morgan fingerprint density at radius 2 is 2.20 bits per heavy atom. The van der Waals surface area contributed by atoms with Crippen molar-refractivity contribution in [2.75, 3.05) is 6.61 Å². The van der Waals surface area contributed by atoms with Gasteiger partial charge in [-0.3, -0.25) is 18.6 Å². The number of aliphatic hydroxyl groups is 2. The minimum Gasteiger partial charge on any atom is -0.395 e. The standard InChI is InChI=1S/C12H18N2O5S/c1-3-7-5-14(11(18)13-10(7)17)12(2)4-8(16)9(6-15)20(12)19/h5,8-9,15-16H,3-4,6H2,1-2H3,(H,13,17,18)/t8-,9+,12+,20+/m0/s1. The van der Waals surface area contributed by atoms with Crippen molar-refractivity contribution in [3.05, 3.63) is 32.6 Å². The van der Waals surface area contributed by atoms with Crippen LogP contribution in [0.1, 0.15) is 25.8 Å². The van der Waals surface area contributed by atoms with Crippen LogP contribution in [-0.4, -0.2) is 41.9 Å². The van der Waals surface area contributed by atoms with Gasteiger partial charge in [-0.05, 0) is 13.3 Å². The predicted molar refractivity (Wildman–Crippen MR) is 74.0 cm³/mol. The first-order chi connectivity index (χ1) is 9.35. The maximum absolute atomic E-state index is 12.4. The molecular weight excluding hydrogens is 284 g/mol. The Labute approximate surface area is 117 Å². The van der Waals surface area contributed by atoms with E-state index >= 15 is 0 Å². The fourth-order valence-corrected chi connectivity index (χ4v) is 4.40. The molecule has 7 nitrogen and oxygen atoms in total. The Kier molecular flexibility index (Phi) is 3.99. The number of hydrogen-bond donors (Lipinski definition) is 3. The van der Waals surface area contributed by atoms with Crippen molar-refractivity contribution in [2.45, 2.75) is 42.9 Å². The SMILES string of the molecule is CCc1cn([C@@]2(C)C[C@H](O)[C@@H](CO)[S@]2=O)c(=O)[nH]c1=O. The molecule has 0 saturated carbocycles. The third-order valence-electron chi connectivity index (χ3n) is 3.81. The van der Waals surface area contributed by atoms with Crippen LogP contribution in [0.15, 0.2) is 15.8 Å². The summed E-state index contributed by atoms with van der Waals surface area (Å²) in [4.78, 5) is 24.6. The molecule has 0 spiro atoms. The van der Waals surface area contributed by atoms with Crippen LogP contribution in [-0.2, 0) is 22.1 Å². The highest BCUT2D eigenvalue weighted by Gasteiger charge is 2.50. The van der Waals surface area contributed by atoms with Crippen LogP contribution in [0.4, 0.5) is 0 Å². The van der Waals surface area contributed by atoms with Crippen LogP contribution in [0.3, 0.4) is 0 Å². The summed E-state index contributed by atoms with van der Waals surface area (Å²) < 4.78 is 13.7. The van der Waals surface area contributed by atoms with E-state index in [0.29, 0.717) is 12.0 Å². The van der Waals surface area contributed by atoms with Crippen molar-refractivity contribution in [3.63, 3.8) is 0 Å². The predicted octanol–water partition coefficient (Wildman–Crippen LogP) is -1.35. The molecule has 1 fully saturated rings. The third kappa shape index (κ3) is 2.17. The Morgan fingerprint density at radius 3 is 2.70 bits per heavy atom. The highest BCUT2D eigenvalue weighted by molar-refractivity contribution is 7.86. The van der Waals surface area contributed by atoms with Gasteiger partial charge < -0.3 is 10.2 Å². The molecule has 1 aromatic rings. The average molecular weight is 302 g/mol. The first kappa shape index (κ1) is 15.1. The average Bonchev–Trinajstić information content (AvgIpc) is 2.60. The van der Waals surface area contributed by atoms with Crippen molar-refractivity contribution in [3.8, 4) is 0 Å². The number of nitrogens with zero attached hydrogens (tertiary/aromatic N) is 1. The Hall–Kier alpha value is -1.25. The van der Waals surface area contributed by atoms with Gasteiger partial charge in [0, 0.05) is 18.2 Å². The fourth-order valence-electron chi connectivity index (χ4n) is 2.57. The van der Waals surface area contributed by atoms with E-state index in [2.05, 4.69) is 4.98 Å². The summed E-state index contributed by atoms with van der Waals surface area (Å²) in [6, 6.07) is 0. The van der Waals surface area contributed by atoms with E-state index in [9.17, 15) is 24.0 Å². The highest BCUT2D eigenvalue weighted by atomic mass is 32.2. The molecule has 112 valence electrons. The number of rotatable bonds is 3. The summed E-state index contributed by atoms with van der Waals surface area (Å²) in [7, 11) is -1.63. The van der Waals surface area contributed by atoms with Gasteiger partial charge in [0.2, 0.25) is 0 Å². The minimum absolute atomic E-state index is 0.0833. The second-order valence-corrected chi connectivity index (χ2v) is 7.18. The summed E-state index contributed by atoms with van der Waals surface area (Å²) >= 11 is 0. The molecule has 3 N–H and O–H groups in total. The van der Waals surface area contributed by atoms with Gasteiger partial charge in [0.25, 0.3) is 5.56 Å². The van der Waals surface area contributed by atoms with Crippen LogP contribution in [0.2, 0.25) is 0 Å². The summed E-state index contributed by atoms with van der Waals surface area (Å²) in [6.45, 7) is 2.95. The number of aliphatic hydroxyl groups excluding tert-OH is 2. The fraction of sp³-hybridized carbons (Fsp3) is 0.667. The van der Waals surface area contributed by atoms with Gasteiger partial charge in [-0.25, -0.2) is 4.79 Å². The Bertz CT molecular complexity index is 652. The molecule has 1 aliphatic rings. The molecular formula is C12H18N2O5S. The van der Waals surface area contributed by atoms with Gasteiger partial charge in [0.15, 0.2) is 0 Å². The zero-order valence-corrected chi connectivity index (χ0v) is 12.1. The Balaban J connectivity index is 2.59. The van der Waals surface area contributed by atoms with E-state index in [-0.39, 0.29) is 6.42 Å².